The zero-order valence-corrected chi connectivity index (χ0v) is 22.9. The Morgan fingerprint density at radius 2 is 1.77 bits per heavy atom. The third-order valence-corrected chi connectivity index (χ3v) is 8.23. The van der Waals surface area contributed by atoms with Gasteiger partial charge in [-0.05, 0) is 69.8 Å². The maximum absolute atomic E-state index is 12.9. The Labute approximate surface area is 228 Å². The van der Waals surface area contributed by atoms with E-state index in [1.165, 1.54) is 12.1 Å². The molecule has 1 aromatic carbocycles. The summed E-state index contributed by atoms with van der Waals surface area (Å²) in [5.41, 5.74) is 1.50. The summed E-state index contributed by atoms with van der Waals surface area (Å²) >= 11 is 0. The monoisotopic (exact) mass is 544 g/mol. The lowest BCUT2D eigenvalue weighted by Crippen LogP contribution is -2.58. The number of piperazine rings is 1. The molecule has 1 amide bonds. The van der Waals surface area contributed by atoms with Crippen LogP contribution in [0.25, 0.3) is 0 Å². The number of halogens is 3. The molecule has 0 spiro atoms. The molecule has 1 atom stereocenters. The van der Waals surface area contributed by atoms with Gasteiger partial charge in [0.15, 0.2) is 0 Å². The molecule has 0 radical (unpaired) electrons. The van der Waals surface area contributed by atoms with E-state index in [1.807, 2.05) is 6.92 Å². The van der Waals surface area contributed by atoms with Gasteiger partial charge in [-0.3, -0.25) is 14.6 Å². The summed E-state index contributed by atoms with van der Waals surface area (Å²) in [7, 11) is 0. The molecule has 3 fully saturated rings. The van der Waals surface area contributed by atoms with Gasteiger partial charge >= 0.3 is 6.18 Å². The van der Waals surface area contributed by atoms with Gasteiger partial charge in [0, 0.05) is 44.3 Å². The van der Waals surface area contributed by atoms with Crippen LogP contribution >= 0.6 is 0 Å². The van der Waals surface area contributed by atoms with E-state index in [0.29, 0.717) is 30.4 Å². The van der Waals surface area contributed by atoms with E-state index in [-0.39, 0.29) is 5.91 Å². The van der Waals surface area contributed by atoms with Crippen LogP contribution in [0.15, 0.2) is 30.5 Å². The fourth-order valence-corrected chi connectivity index (χ4v) is 5.98. The zero-order chi connectivity index (χ0) is 27.6. The van der Waals surface area contributed by atoms with Crippen molar-refractivity contribution >= 4 is 11.7 Å². The van der Waals surface area contributed by atoms with Crippen LogP contribution in [0, 0.1) is 6.92 Å². The number of hydrogen-bond acceptors (Lipinski definition) is 6. The lowest BCUT2D eigenvalue weighted by molar-refractivity contribution is -0.137. The van der Waals surface area contributed by atoms with Crippen LogP contribution in [0.3, 0.4) is 0 Å². The molecule has 5 rings (SSSR count). The molecule has 1 aliphatic carbocycles. The fraction of sp³-hybridized carbons (Fsp3) is 0.621. The molecule has 2 aromatic rings. The van der Waals surface area contributed by atoms with Crippen LogP contribution < -0.4 is 10.2 Å². The third-order valence-electron chi connectivity index (χ3n) is 8.23. The van der Waals surface area contributed by atoms with Crippen LogP contribution in [0.1, 0.15) is 72.8 Å². The molecule has 3 aliphatic rings. The van der Waals surface area contributed by atoms with E-state index < -0.39 is 11.7 Å². The van der Waals surface area contributed by atoms with E-state index in [9.17, 15) is 18.0 Å². The third kappa shape index (κ3) is 6.90. The van der Waals surface area contributed by atoms with Crippen LogP contribution in [-0.4, -0.2) is 76.5 Å². The Bertz CT molecular complexity index is 1130. The normalized spacial score (nSPS) is 21.8. The first-order valence-corrected chi connectivity index (χ1v) is 14.2. The number of aromatic nitrogens is 2. The van der Waals surface area contributed by atoms with Gasteiger partial charge < -0.3 is 10.2 Å². The highest BCUT2D eigenvalue weighted by Gasteiger charge is 2.35. The van der Waals surface area contributed by atoms with E-state index in [4.69, 9.17) is 0 Å². The number of piperidine rings is 1. The van der Waals surface area contributed by atoms with Gasteiger partial charge in [-0.2, -0.15) is 13.2 Å². The molecular weight excluding hydrogens is 505 g/mol. The largest absolute Gasteiger partial charge is 0.416 e. The Morgan fingerprint density at radius 1 is 1.05 bits per heavy atom. The maximum atomic E-state index is 12.9. The van der Waals surface area contributed by atoms with Gasteiger partial charge in [0.1, 0.15) is 11.5 Å². The number of nitrogens with zero attached hydrogens (tertiary/aromatic N) is 5. The van der Waals surface area contributed by atoms with Gasteiger partial charge in [-0.15, -0.1) is 0 Å². The second-order valence-electron chi connectivity index (χ2n) is 11.2. The Balaban J connectivity index is 1.16. The molecule has 3 heterocycles. The van der Waals surface area contributed by atoms with Crippen molar-refractivity contribution < 1.29 is 18.0 Å². The standard InChI is InChI=1S/C29H39F3N6O/c1-3-4-25-19-37(27-20(2)34-26(17-33-27)28(39)35-23-9-10-23)15-16-38(25)24-11-13-36(14-12-24)18-21-5-7-22(8-6-21)29(30,31)32/h5-8,17,23-25H,3-4,9-16,18-19H2,1-2H3,(H,35,39)/t25-/m0/s1. The molecule has 1 saturated carbocycles. The van der Waals surface area contributed by atoms with Crippen molar-refractivity contribution in [2.75, 3.05) is 37.6 Å². The molecule has 1 N–H and O–H groups in total. The minimum Gasteiger partial charge on any atom is -0.352 e. The van der Waals surface area contributed by atoms with Crippen molar-refractivity contribution in [2.45, 2.75) is 83.2 Å². The second-order valence-corrected chi connectivity index (χ2v) is 11.2. The highest BCUT2D eigenvalue weighted by Crippen LogP contribution is 2.30. The van der Waals surface area contributed by atoms with Crippen molar-refractivity contribution in [1.82, 2.24) is 25.1 Å². The number of likely N-dealkylation sites (tertiary alicyclic amines) is 1. The van der Waals surface area contributed by atoms with Gasteiger partial charge in [-0.1, -0.05) is 25.5 Å². The number of benzene rings is 1. The SMILES string of the molecule is CCC[C@H]1CN(c2ncc(C(=O)NC3CC3)nc2C)CCN1C1CCN(Cc2ccc(C(F)(F)F)cc2)CC1. The summed E-state index contributed by atoms with van der Waals surface area (Å²) in [6.45, 7) is 9.45. The number of aryl methyl sites for hydroxylation is 1. The molecule has 0 bridgehead atoms. The fourth-order valence-electron chi connectivity index (χ4n) is 5.98. The van der Waals surface area contributed by atoms with Crippen molar-refractivity contribution in [3.8, 4) is 0 Å². The van der Waals surface area contributed by atoms with Crippen LogP contribution in [0.4, 0.5) is 19.0 Å². The predicted octanol–water partition coefficient (Wildman–Crippen LogP) is 4.65. The van der Waals surface area contributed by atoms with E-state index in [1.54, 1.807) is 18.3 Å². The molecule has 1 aromatic heterocycles. The minimum atomic E-state index is -4.29. The Hall–Kier alpha value is -2.72. The van der Waals surface area contributed by atoms with E-state index >= 15 is 0 Å². The van der Waals surface area contributed by atoms with Gasteiger partial charge in [0.05, 0.1) is 17.5 Å². The maximum Gasteiger partial charge on any atom is 0.416 e. The average molecular weight is 545 g/mol. The number of nitrogens with one attached hydrogen (secondary N) is 1. The van der Waals surface area contributed by atoms with E-state index in [0.717, 1.165) is 88.3 Å². The first kappa shape index (κ1) is 27.8. The quantitative estimate of drug-likeness (QED) is 0.522. The van der Waals surface area contributed by atoms with Crippen LogP contribution in [0.5, 0.6) is 0 Å². The second kappa shape index (κ2) is 11.8. The Morgan fingerprint density at radius 3 is 2.38 bits per heavy atom. The van der Waals surface area contributed by atoms with Crippen molar-refractivity contribution in [3.63, 3.8) is 0 Å². The first-order valence-electron chi connectivity index (χ1n) is 14.2. The zero-order valence-electron chi connectivity index (χ0n) is 22.9. The molecule has 2 saturated heterocycles. The lowest BCUT2D eigenvalue weighted by Gasteiger charge is -2.48. The number of hydrogen-bond donors (Lipinski definition) is 1. The molecule has 10 heteroatoms. The summed E-state index contributed by atoms with van der Waals surface area (Å²) < 4.78 is 38.6. The van der Waals surface area contributed by atoms with Crippen molar-refractivity contribution in [3.05, 3.63) is 53.0 Å². The van der Waals surface area contributed by atoms with E-state index in [2.05, 4.69) is 36.9 Å². The van der Waals surface area contributed by atoms with Crippen molar-refractivity contribution in [1.29, 1.82) is 0 Å². The highest BCUT2D eigenvalue weighted by molar-refractivity contribution is 5.92. The number of carbonyl (C=O) groups is 1. The molecular formula is C29H39F3N6O. The van der Waals surface area contributed by atoms with Crippen LogP contribution in [-0.2, 0) is 12.7 Å². The number of rotatable bonds is 8. The summed E-state index contributed by atoms with van der Waals surface area (Å²) in [5, 5.41) is 2.98. The minimum absolute atomic E-state index is 0.141. The number of carbonyl (C=O) groups excluding carboxylic acids is 1. The van der Waals surface area contributed by atoms with Crippen LogP contribution in [0.2, 0.25) is 0 Å². The Kier molecular flexibility index (Phi) is 8.42. The number of amides is 1. The lowest BCUT2D eigenvalue weighted by atomic mass is 9.97. The molecule has 2 aliphatic heterocycles. The van der Waals surface area contributed by atoms with Gasteiger partial charge in [0.2, 0.25) is 0 Å². The number of alkyl halides is 3. The molecule has 212 valence electrons. The number of anilines is 1. The van der Waals surface area contributed by atoms with Crippen molar-refractivity contribution in [2.24, 2.45) is 0 Å². The highest BCUT2D eigenvalue weighted by atomic mass is 19.4. The smallest absolute Gasteiger partial charge is 0.352 e. The van der Waals surface area contributed by atoms with Gasteiger partial charge in [-0.25, -0.2) is 9.97 Å². The average Bonchev–Trinajstić information content (AvgIpc) is 3.73. The summed E-state index contributed by atoms with van der Waals surface area (Å²) in [4.78, 5) is 29.0. The summed E-state index contributed by atoms with van der Waals surface area (Å²) in [5.74, 6) is 0.725. The molecule has 39 heavy (non-hydrogen) atoms. The summed E-state index contributed by atoms with van der Waals surface area (Å²) in [6.07, 6.45) is 3.72. The molecule has 0 unspecified atom stereocenters. The first-order chi connectivity index (χ1) is 18.7. The summed E-state index contributed by atoms with van der Waals surface area (Å²) in [6, 6.07) is 6.78. The predicted molar refractivity (Wildman–Crippen MR) is 145 cm³/mol. The van der Waals surface area contributed by atoms with Gasteiger partial charge in [0.25, 0.3) is 5.91 Å². The topological polar surface area (TPSA) is 64.6 Å². The molecule has 7 nitrogen and oxygen atoms in total.